The monoisotopic (exact) mass is 236 g/mol. The fraction of sp³-hybridized carbons (Fsp3) is 0.0909. The van der Waals surface area contributed by atoms with E-state index >= 15 is 0 Å². The molecule has 16 heavy (non-hydrogen) atoms. The molecule has 5 heteroatoms. The molecule has 2 N–H and O–H groups in total. The first-order valence-corrected chi connectivity index (χ1v) is 5.14. The summed E-state index contributed by atoms with van der Waals surface area (Å²) < 4.78 is 5.20. The number of hydrogen-bond acceptors (Lipinski definition) is 3. The van der Waals surface area contributed by atoms with Crippen molar-refractivity contribution in [1.29, 1.82) is 0 Å². The summed E-state index contributed by atoms with van der Waals surface area (Å²) in [5, 5.41) is 20.5. The van der Waals surface area contributed by atoms with Gasteiger partial charge in [0.15, 0.2) is 0 Å². The minimum atomic E-state index is -1.65. The molecular weight excluding hydrogens is 226 g/mol. The highest BCUT2D eigenvalue weighted by molar-refractivity contribution is 6.64. The Hall–Kier alpha value is -1.23. The summed E-state index contributed by atoms with van der Waals surface area (Å²) in [7, 11) is -0.170. The van der Waals surface area contributed by atoms with Gasteiger partial charge in [0.1, 0.15) is 5.75 Å². The van der Waals surface area contributed by atoms with Crippen LogP contribution in [-0.2, 0) is 0 Å². The van der Waals surface area contributed by atoms with Gasteiger partial charge in [-0.1, -0.05) is 35.9 Å². The zero-order valence-corrected chi connectivity index (χ0v) is 9.40. The van der Waals surface area contributed by atoms with Crippen molar-refractivity contribution in [1.82, 2.24) is 0 Å². The Kier molecular flexibility index (Phi) is 3.05. The molecule has 0 unspecified atom stereocenters. The fourth-order valence-corrected chi connectivity index (χ4v) is 2.06. The third-order valence-corrected chi connectivity index (χ3v) is 2.76. The standard InChI is InChI=1S/C11H10BClO3/c1-16-11-8-5-3-2-4-7(8)6-9(13)10(11)12(14)15/h2-6,14-15H,1H3. The molecular formula is C11H10BClO3. The van der Waals surface area contributed by atoms with Gasteiger partial charge in [0.05, 0.1) is 7.11 Å². The number of hydrogen-bond donors (Lipinski definition) is 2. The average molecular weight is 236 g/mol. The molecule has 0 aromatic heterocycles. The summed E-state index contributed by atoms with van der Waals surface area (Å²) >= 11 is 5.98. The lowest BCUT2D eigenvalue weighted by Gasteiger charge is -2.13. The average Bonchev–Trinajstić information content (AvgIpc) is 2.26. The van der Waals surface area contributed by atoms with E-state index in [0.29, 0.717) is 5.75 Å². The predicted octanol–water partition coefficient (Wildman–Crippen LogP) is 1.18. The van der Waals surface area contributed by atoms with Gasteiger partial charge >= 0.3 is 7.12 Å². The van der Waals surface area contributed by atoms with Gasteiger partial charge in [-0.25, -0.2) is 0 Å². The molecule has 0 aliphatic carbocycles. The highest BCUT2D eigenvalue weighted by Gasteiger charge is 2.22. The molecule has 0 radical (unpaired) electrons. The van der Waals surface area contributed by atoms with Crippen LogP contribution in [0.3, 0.4) is 0 Å². The van der Waals surface area contributed by atoms with Crippen molar-refractivity contribution in [2.24, 2.45) is 0 Å². The molecule has 0 spiro atoms. The minimum absolute atomic E-state index is 0.197. The zero-order valence-electron chi connectivity index (χ0n) is 8.64. The molecule has 2 rings (SSSR count). The molecule has 0 amide bonds. The molecule has 2 aromatic rings. The van der Waals surface area contributed by atoms with Gasteiger partial charge in [0.25, 0.3) is 0 Å². The second-order valence-electron chi connectivity index (χ2n) is 3.40. The highest BCUT2D eigenvalue weighted by atomic mass is 35.5. The molecule has 0 fully saturated rings. The zero-order chi connectivity index (χ0) is 11.7. The topological polar surface area (TPSA) is 49.7 Å². The van der Waals surface area contributed by atoms with Gasteiger partial charge in [0, 0.05) is 15.9 Å². The lowest BCUT2D eigenvalue weighted by Crippen LogP contribution is -2.32. The van der Waals surface area contributed by atoms with Crippen molar-refractivity contribution in [3.05, 3.63) is 35.4 Å². The number of ether oxygens (including phenoxy) is 1. The van der Waals surface area contributed by atoms with Crippen molar-refractivity contribution in [2.45, 2.75) is 0 Å². The lowest BCUT2D eigenvalue weighted by atomic mass is 9.78. The normalized spacial score (nSPS) is 10.5. The van der Waals surface area contributed by atoms with Crippen LogP contribution in [-0.4, -0.2) is 24.3 Å². The van der Waals surface area contributed by atoms with E-state index in [2.05, 4.69) is 0 Å². The third-order valence-electron chi connectivity index (χ3n) is 2.45. The smallest absolute Gasteiger partial charge is 0.493 e. The quantitative estimate of drug-likeness (QED) is 0.770. The molecule has 3 nitrogen and oxygen atoms in total. The first-order chi connectivity index (χ1) is 7.65. The number of halogens is 1. The highest BCUT2D eigenvalue weighted by Crippen LogP contribution is 2.27. The Morgan fingerprint density at radius 2 is 1.94 bits per heavy atom. The van der Waals surface area contributed by atoms with Crippen molar-refractivity contribution < 1.29 is 14.8 Å². The Bertz CT molecular complexity index is 528. The predicted molar refractivity (Wildman–Crippen MR) is 65.3 cm³/mol. The minimum Gasteiger partial charge on any atom is -0.496 e. The number of rotatable bonds is 2. The molecule has 0 aliphatic rings. The van der Waals surface area contributed by atoms with E-state index in [1.807, 2.05) is 24.3 Å². The fourth-order valence-electron chi connectivity index (χ4n) is 1.76. The molecule has 0 saturated heterocycles. The van der Waals surface area contributed by atoms with Crippen LogP contribution < -0.4 is 10.2 Å². The second-order valence-corrected chi connectivity index (χ2v) is 3.81. The van der Waals surface area contributed by atoms with Crippen molar-refractivity contribution in [2.75, 3.05) is 7.11 Å². The molecule has 0 aliphatic heterocycles. The summed E-state index contributed by atoms with van der Waals surface area (Å²) in [5.74, 6) is 0.401. The van der Waals surface area contributed by atoms with Crippen molar-refractivity contribution in [3.8, 4) is 5.75 Å². The van der Waals surface area contributed by atoms with E-state index in [1.165, 1.54) is 7.11 Å². The van der Waals surface area contributed by atoms with E-state index in [0.717, 1.165) is 10.8 Å². The molecule has 0 bridgehead atoms. The van der Waals surface area contributed by atoms with Gasteiger partial charge < -0.3 is 14.8 Å². The van der Waals surface area contributed by atoms with Crippen LogP contribution in [0.4, 0.5) is 0 Å². The van der Waals surface area contributed by atoms with Gasteiger partial charge in [-0.05, 0) is 11.5 Å². The Morgan fingerprint density at radius 1 is 1.25 bits per heavy atom. The lowest BCUT2D eigenvalue weighted by molar-refractivity contribution is 0.406. The molecule has 82 valence electrons. The maximum Gasteiger partial charge on any atom is 0.493 e. The van der Waals surface area contributed by atoms with Crippen LogP contribution in [0.2, 0.25) is 5.02 Å². The van der Waals surface area contributed by atoms with Crippen LogP contribution in [0.1, 0.15) is 0 Å². The molecule has 0 saturated carbocycles. The van der Waals surface area contributed by atoms with Crippen LogP contribution in [0, 0.1) is 0 Å². The maximum atomic E-state index is 9.27. The summed E-state index contributed by atoms with van der Waals surface area (Å²) in [6.45, 7) is 0. The van der Waals surface area contributed by atoms with Crippen LogP contribution in [0.25, 0.3) is 10.8 Å². The van der Waals surface area contributed by atoms with Crippen LogP contribution in [0.15, 0.2) is 30.3 Å². The van der Waals surface area contributed by atoms with Gasteiger partial charge in [-0.3, -0.25) is 0 Å². The molecule has 0 heterocycles. The summed E-state index contributed by atoms with van der Waals surface area (Å²) in [4.78, 5) is 0. The Labute approximate surface area is 98.4 Å². The Balaban J connectivity index is 2.85. The summed E-state index contributed by atoms with van der Waals surface area (Å²) in [5.41, 5.74) is 0.197. The van der Waals surface area contributed by atoms with Gasteiger partial charge in [0.2, 0.25) is 0 Å². The maximum absolute atomic E-state index is 9.27. The Morgan fingerprint density at radius 3 is 2.56 bits per heavy atom. The molecule has 0 atom stereocenters. The number of benzene rings is 2. The van der Waals surface area contributed by atoms with E-state index < -0.39 is 7.12 Å². The van der Waals surface area contributed by atoms with Crippen molar-refractivity contribution in [3.63, 3.8) is 0 Å². The van der Waals surface area contributed by atoms with E-state index in [4.69, 9.17) is 16.3 Å². The number of fused-ring (bicyclic) bond motifs is 1. The summed E-state index contributed by atoms with van der Waals surface area (Å²) in [6.07, 6.45) is 0. The first-order valence-electron chi connectivity index (χ1n) is 4.76. The van der Waals surface area contributed by atoms with E-state index in [1.54, 1.807) is 6.07 Å². The molecule has 2 aromatic carbocycles. The van der Waals surface area contributed by atoms with E-state index in [9.17, 15) is 10.0 Å². The summed E-state index contributed by atoms with van der Waals surface area (Å²) in [6, 6.07) is 9.15. The SMILES string of the molecule is COc1c(B(O)O)c(Cl)cc2ccccc12. The van der Waals surface area contributed by atoms with E-state index in [-0.39, 0.29) is 10.5 Å². The first kappa shape index (κ1) is 11.3. The van der Waals surface area contributed by atoms with Crippen LogP contribution >= 0.6 is 11.6 Å². The second kappa shape index (κ2) is 4.33. The van der Waals surface area contributed by atoms with Crippen molar-refractivity contribution >= 4 is 35.0 Å². The largest absolute Gasteiger partial charge is 0.496 e. The van der Waals surface area contributed by atoms with Gasteiger partial charge in [-0.15, -0.1) is 0 Å². The third kappa shape index (κ3) is 1.75. The van der Waals surface area contributed by atoms with Crippen LogP contribution in [0.5, 0.6) is 5.75 Å². The number of methoxy groups -OCH3 is 1. The van der Waals surface area contributed by atoms with Gasteiger partial charge in [-0.2, -0.15) is 0 Å².